The monoisotopic (exact) mass is 262 g/mol. The molecule has 2 heteroatoms. The van der Waals surface area contributed by atoms with Crippen molar-refractivity contribution in [3.8, 4) is 5.75 Å². The van der Waals surface area contributed by atoms with Crippen LogP contribution in [0.2, 0.25) is 0 Å². The number of ether oxygens (including phenoxy) is 2. The predicted octanol–water partition coefficient (Wildman–Crippen LogP) is 4.83. The standard InChI is InChI=1S/C17H26O2/c1-13(2)7-6-8-14(3)16-10-9-15(4)17(11-16)19-12-18-5/h7,9-11,14H,6,8,12H2,1-5H3/t14-/m1/s1. The van der Waals surface area contributed by atoms with Crippen molar-refractivity contribution in [1.29, 1.82) is 0 Å². The lowest BCUT2D eigenvalue weighted by Crippen LogP contribution is -2.02. The highest BCUT2D eigenvalue weighted by atomic mass is 16.7. The SMILES string of the molecule is COCOc1cc([C@H](C)CCC=C(C)C)ccc1C. The molecule has 1 aromatic rings. The first-order valence-electron chi connectivity index (χ1n) is 6.90. The molecule has 0 aliphatic rings. The largest absolute Gasteiger partial charge is 0.467 e. The molecule has 0 radical (unpaired) electrons. The second-order valence-corrected chi connectivity index (χ2v) is 5.34. The van der Waals surface area contributed by atoms with E-state index >= 15 is 0 Å². The van der Waals surface area contributed by atoms with Crippen LogP contribution in [-0.4, -0.2) is 13.9 Å². The Hall–Kier alpha value is -1.28. The maximum absolute atomic E-state index is 5.59. The van der Waals surface area contributed by atoms with Gasteiger partial charge in [-0.2, -0.15) is 0 Å². The fourth-order valence-electron chi connectivity index (χ4n) is 1.99. The summed E-state index contributed by atoms with van der Waals surface area (Å²) >= 11 is 0. The summed E-state index contributed by atoms with van der Waals surface area (Å²) in [6.07, 6.45) is 4.59. The third-order valence-electron chi connectivity index (χ3n) is 3.27. The summed E-state index contributed by atoms with van der Waals surface area (Å²) in [6.45, 7) is 8.92. The molecular weight excluding hydrogens is 236 g/mol. The first-order valence-corrected chi connectivity index (χ1v) is 6.90. The van der Waals surface area contributed by atoms with Crippen LogP contribution in [0.25, 0.3) is 0 Å². The summed E-state index contributed by atoms with van der Waals surface area (Å²) in [5.74, 6) is 1.47. The van der Waals surface area contributed by atoms with Crippen molar-refractivity contribution in [3.63, 3.8) is 0 Å². The van der Waals surface area contributed by atoms with Gasteiger partial charge in [0, 0.05) is 7.11 Å². The summed E-state index contributed by atoms with van der Waals surface area (Å²) in [5, 5.41) is 0. The van der Waals surface area contributed by atoms with E-state index in [0.29, 0.717) is 12.7 Å². The van der Waals surface area contributed by atoms with E-state index in [9.17, 15) is 0 Å². The van der Waals surface area contributed by atoms with Crippen LogP contribution >= 0.6 is 0 Å². The topological polar surface area (TPSA) is 18.5 Å². The van der Waals surface area contributed by atoms with Crippen LogP contribution in [0.15, 0.2) is 29.8 Å². The Morgan fingerprint density at radius 3 is 2.68 bits per heavy atom. The van der Waals surface area contributed by atoms with Crippen LogP contribution in [0.1, 0.15) is 50.7 Å². The first kappa shape index (κ1) is 15.8. The molecule has 0 amide bonds. The van der Waals surface area contributed by atoms with Crippen LogP contribution in [0, 0.1) is 6.92 Å². The zero-order valence-corrected chi connectivity index (χ0v) is 12.8. The Kier molecular flexibility index (Phi) is 6.65. The van der Waals surface area contributed by atoms with Gasteiger partial charge in [-0.3, -0.25) is 0 Å². The van der Waals surface area contributed by atoms with Gasteiger partial charge in [0.05, 0.1) is 0 Å². The highest BCUT2D eigenvalue weighted by Crippen LogP contribution is 2.27. The Bertz CT molecular complexity index is 417. The minimum absolute atomic E-state index is 0.302. The van der Waals surface area contributed by atoms with E-state index < -0.39 is 0 Å². The van der Waals surface area contributed by atoms with Gasteiger partial charge in [0.25, 0.3) is 0 Å². The maximum atomic E-state index is 5.59. The van der Waals surface area contributed by atoms with Gasteiger partial charge in [0.15, 0.2) is 6.79 Å². The van der Waals surface area contributed by atoms with Crippen molar-refractivity contribution < 1.29 is 9.47 Å². The summed E-state index contributed by atoms with van der Waals surface area (Å²) in [4.78, 5) is 0. The molecule has 0 aliphatic carbocycles. The average molecular weight is 262 g/mol. The number of hydrogen-bond acceptors (Lipinski definition) is 2. The molecular formula is C17H26O2. The van der Waals surface area contributed by atoms with E-state index in [0.717, 1.165) is 24.2 Å². The smallest absolute Gasteiger partial charge is 0.188 e. The molecule has 0 unspecified atom stereocenters. The molecule has 2 nitrogen and oxygen atoms in total. The number of rotatable bonds is 7. The van der Waals surface area contributed by atoms with Gasteiger partial charge in [0.1, 0.15) is 5.75 Å². The van der Waals surface area contributed by atoms with E-state index in [4.69, 9.17) is 9.47 Å². The molecule has 106 valence electrons. The molecule has 0 spiro atoms. The van der Waals surface area contributed by atoms with Gasteiger partial charge >= 0.3 is 0 Å². The minimum atomic E-state index is 0.302. The maximum Gasteiger partial charge on any atom is 0.188 e. The van der Waals surface area contributed by atoms with E-state index in [-0.39, 0.29) is 0 Å². The molecule has 1 atom stereocenters. The highest BCUT2D eigenvalue weighted by Gasteiger charge is 2.08. The molecule has 0 saturated heterocycles. The molecule has 0 N–H and O–H groups in total. The molecule has 0 heterocycles. The average Bonchev–Trinajstić information content (AvgIpc) is 2.37. The highest BCUT2D eigenvalue weighted by molar-refractivity contribution is 5.37. The van der Waals surface area contributed by atoms with Crippen molar-refractivity contribution >= 4 is 0 Å². The van der Waals surface area contributed by atoms with Crippen LogP contribution in [0.5, 0.6) is 5.75 Å². The van der Waals surface area contributed by atoms with Gasteiger partial charge < -0.3 is 9.47 Å². The number of benzene rings is 1. The Labute approximate surface area is 117 Å². The van der Waals surface area contributed by atoms with Gasteiger partial charge in [0.2, 0.25) is 0 Å². The minimum Gasteiger partial charge on any atom is -0.467 e. The lowest BCUT2D eigenvalue weighted by atomic mass is 9.94. The van der Waals surface area contributed by atoms with Crippen molar-refractivity contribution in [2.24, 2.45) is 0 Å². The van der Waals surface area contributed by atoms with E-state index in [2.05, 4.69) is 52.0 Å². The van der Waals surface area contributed by atoms with Gasteiger partial charge in [-0.1, -0.05) is 30.7 Å². The second-order valence-electron chi connectivity index (χ2n) is 5.34. The Balaban J connectivity index is 2.69. The van der Waals surface area contributed by atoms with E-state index in [1.165, 1.54) is 11.1 Å². The molecule has 19 heavy (non-hydrogen) atoms. The van der Waals surface area contributed by atoms with Gasteiger partial charge in [-0.25, -0.2) is 0 Å². The van der Waals surface area contributed by atoms with Gasteiger partial charge in [-0.05, 0) is 56.7 Å². The molecule has 1 rings (SSSR count). The van der Waals surface area contributed by atoms with Crippen LogP contribution in [0.4, 0.5) is 0 Å². The third kappa shape index (κ3) is 5.48. The fourth-order valence-corrected chi connectivity index (χ4v) is 1.99. The number of aryl methyl sites for hydroxylation is 1. The quantitative estimate of drug-likeness (QED) is 0.517. The van der Waals surface area contributed by atoms with E-state index in [1.54, 1.807) is 7.11 Å². The predicted molar refractivity (Wildman–Crippen MR) is 80.8 cm³/mol. The van der Waals surface area contributed by atoms with Crippen LogP contribution < -0.4 is 4.74 Å². The van der Waals surface area contributed by atoms with Crippen LogP contribution in [0.3, 0.4) is 0 Å². The summed E-state index contributed by atoms with van der Waals surface area (Å²) in [5.41, 5.74) is 3.87. The summed E-state index contributed by atoms with van der Waals surface area (Å²) in [6, 6.07) is 6.46. The second kappa shape index (κ2) is 8.00. The Morgan fingerprint density at radius 2 is 2.05 bits per heavy atom. The van der Waals surface area contributed by atoms with Gasteiger partial charge in [-0.15, -0.1) is 0 Å². The molecule has 0 saturated carbocycles. The third-order valence-corrected chi connectivity index (χ3v) is 3.27. The van der Waals surface area contributed by atoms with Crippen molar-refractivity contribution in [1.82, 2.24) is 0 Å². The normalized spacial score (nSPS) is 12.1. The lowest BCUT2D eigenvalue weighted by molar-refractivity contribution is 0.0505. The molecule has 0 aromatic heterocycles. The fraction of sp³-hybridized carbons (Fsp3) is 0.529. The summed E-state index contributed by atoms with van der Waals surface area (Å²) in [7, 11) is 1.64. The lowest BCUT2D eigenvalue weighted by Gasteiger charge is -2.14. The zero-order valence-electron chi connectivity index (χ0n) is 12.8. The molecule has 1 aromatic carbocycles. The zero-order chi connectivity index (χ0) is 14.3. The molecule has 0 aliphatic heterocycles. The van der Waals surface area contributed by atoms with E-state index in [1.807, 2.05) is 0 Å². The van der Waals surface area contributed by atoms with Crippen molar-refractivity contribution in [3.05, 3.63) is 41.0 Å². The van der Waals surface area contributed by atoms with Crippen molar-refractivity contribution in [2.75, 3.05) is 13.9 Å². The molecule has 0 fully saturated rings. The number of allylic oxidation sites excluding steroid dienone is 2. The Morgan fingerprint density at radius 1 is 1.32 bits per heavy atom. The summed E-state index contributed by atoms with van der Waals surface area (Å²) < 4.78 is 10.5. The number of methoxy groups -OCH3 is 1. The van der Waals surface area contributed by atoms with Crippen LogP contribution in [-0.2, 0) is 4.74 Å². The number of hydrogen-bond donors (Lipinski definition) is 0. The first-order chi connectivity index (χ1) is 9.04. The van der Waals surface area contributed by atoms with Crippen molar-refractivity contribution in [2.45, 2.75) is 46.5 Å². The molecule has 0 bridgehead atoms.